The number of pyridine rings is 1. The Kier molecular flexibility index (Phi) is 5.04. The molecular weight excluding hydrogens is 252 g/mol. The Morgan fingerprint density at radius 3 is 2.89 bits per heavy atom. The average molecular weight is 270 g/mol. The van der Waals surface area contributed by atoms with Crippen molar-refractivity contribution in [1.82, 2.24) is 4.98 Å². The van der Waals surface area contributed by atoms with E-state index >= 15 is 0 Å². The zero-order chi connectivity index (χ0) is 13.5. The van der Waals surface area contributed by atoms with Gasteiger partial charge in [-0.25, -0.2) is 0 Å². The van der Waals surface area contributed by atoms with Gasteiger partial charge in [-0.05, 0) is 30.7 Å². The molecular formula is C16H18N2S. The van der Waals surface area contributed by atoms with Gasteiger partial charge in [-0.2, -0.15) is 0 Å². The maximum Gasteiger partial charge on any atom is 0.0501 e. The molecule has 1 heterocycles. The predicted molar refractivity (Wildman–Crippen MR) is 83.6 cm³/mol. The van der Waals surface area contributed by atoms with Gasteiger partial charge in [0.05, 0.1) is 6.04 Å². The van der Waals surface area contributed by atoms with Gasteiger partial charge < -0.3 is 5.32 Å². The van der Waals surface area contributed by atoms with Gasteiger partial charge in [0.2, 0.25) is 0 Å². The summed E-state index contributed by atoms with van der Waals surface area (Å²) in [5.74, 6) is 0.917. The lowest BCUT2D eigenvalue weighted by Crippen LogP contribution is -2.07. The quantitative estimate of drug-likeness (QED) is 0.616. The molecule has 0 aliphatic carbocycles. The van der Waals surface area contributed by atoms with E-state index in [9.17, 15) is 0 Å². The van der Waals surface area contributed by atoms with Crippen molar-refractivity contribution in [1.29, 1.82) is 0 Å². The molecule has 3 heteroatoms. The second kappa shape index (κ2) is 7.00. The van der Waals surface area contributed by atoms with E-state index in [4.69, 9.17) is 0 Å². The molecule has 19 heavy (non-hydrogen) atoms. The van der Waals surface area contributed by atoms with E-state index in [1.165, 1.54) is 10.5 Å². The maximum atomic E-state index is 4.16. The highest BCUT2D eigenvalue weighted by atomic mass is 32.2. The van der Waals surface area contributed by atoms with E-state index in [1.54, 1.807) is 18.0 Å². The van der Waals surface area contributed by atoms with E-state index in [1.807, 2.05) is 18.3 Å². The van der Waals surface area contributed by atoms with Crippen LogP contribution in [0.5, 0.6) is 0 Å². The lowest BCUT2D eigenvalue weighted by atomic mass is 10.1. The van der Waals surface area contributed by atoms with Crippen molar-refractivity contribution in [3.05, 3.63) is 67.0 Å². The van der Waals surface area contributed by atoms with Gasteiger partial charge in [-0.3, -0.25) is 4.98 Å². The molecule has 0 aliphatic rings. The minimum Gasteiger partial charge on any atom is -0.378 e. The third-order valence-electron chi connectivity index (χ3n) is 2.80. The molecule has 2 aromatic rings. The van der Waals surface area contributed by atoms with Crippen LogP contribution in [-0.2, 0) is 0 Å². The summed E-state index contributed by atoms with van der Waals surface area (Å²) in [5.41, 5.74) is 2.34. The standard InChI is InChI=1S/C16H18N2S/c1-3-11-19-16-9-5-4-8-15(16)18-13(2)14-7-6-10-17-12-14/h3-10,12-13,18H,1,11H2,2H3. The number of anilines is 1. The zero-order valence-electron chi connectivity index (χ0n) is 11.0. The van der Waals surface area contributed by atoms with Crippen molar-refractivity contribution in [2.45, 2.75) is 17.9 Å². The molecule has 0 spiro atoms. The third-order valence-corrected chi connectivity index (χ3v) is 3.87. The minimum absolute atomic E-state index is 0.235. The molecule has 0 fully saturated rings. The Hall–Kier alpha value is -1.74. The van der Waals surface area contributed by atoms with E-state index in [2.05, 4.69) is 54.1 Å². The summed E-state index contributed by atoms with van der Waals surface area (Å²) >= 11 is 1.79. The van der Waals surface area contributed by atoms with Crippen molar-refractivity contribution in [2.24, 2.45) is 0 Å². The first-order chi connectivity index (χ1) is 9.31. The summed E-state index contributed by atoms with van der Waals surface area (Å²) in [6.45, 7) is 5.91. The molecule has 1 aromatic heterocycles. The molecule has 0 saturated heterocycles. The van der Waals surface area contributed by atoms with Crippen LogP contribution in [0.2, 0.25) is 0 Å². The fraction of sp³-hybridized carbons (Fsp3) is 0.188. The topological polar surface area (TPSA) is 24.9 Å². The molecule has 98 valence electrons. The van der Waals surface area contributed by atoms with Crippen molar-refractivity contribution < 1.29 is 0 Å². The van der Waals surface area contributed by atoms with Crippen molar-refractivity contribution >= 4 is 17.4 Å². The van der Waals surface area contributed by atoms with E-state index in [0.717, 1.165) is 11.4 Å². The highest BCUT2D eigenvalue weighted by Gasteiger charge is 2.08. The van der Waals surface area contributed by atoms with Crippen LogP contribution >= 0.6 is 11.8 Å². The first-order valence-corrected chi connectivity index (χ1v) is 7.29. The number of thioether (sulfide) groups is 1. The van der Waals surface area contributed by atoms with Crippen LogP contribution < -0.4 is 5.32 Å². The van der Waals surface area contributed by atoms with Gasteiger partial charge in [-0.15, -0.1) is 18.3 Å². The van der Waals surface area contributed by atoms with Crippen molar-refractivity contribution in [3.8, 4) is 0 Å². The van der Waals surface area contributed by atoms with Crippen LogP contribution in [0.3, 0.4) is 0 Å². The lowest BCUT2D eigenvalue weighted by molar-refractivity contribution is 0.871. The first-order valence-electron chi connectivity index (χ1n) is 6.30. The smallest absolute Gasteiger partial charge is 0.0501 e. The first kappa shape index (κ1) is 13.7. The van der Waals surface area contributed by atoms with E-state index in [0.29, 0.717) is 0 Å². The average Bonchev–Trinajstić information content (AvgIpc) is 2.47. The van der Waals surface area contributed by atoms with Crippen molar-refractivity contribution in [3.63, 3.8) is 0 Å². The molecule has 2 rings (SSSR count). The van der Waals surface area contributed by atoms with Gasteiger partial charge in [0.25, 0.3) is 0 Å². The summed E-state index contributed by atoms with van der Waals surface area (Å²) in [6, 6.07) is 12.6. The Balaban J connectivity index is 2.12. The Labute approximate surface area is 119 Å². The number of hydrogen-bond donors (Lipinski definition) is 1. The Morgan fingerprint density at radius 1 is 1.32 bits per heavy atom. The Morgan fingerprint density at radius 2 is 2.16 bits per heavy atom. The van der Waals surface area contributed by atoms with Crippen LogP contribution in [0.1, 0.15) is 18.5 Å². The highest BCUT2D eigenvalue weighted by molar-refractivity contribution is 7.99. The van der Waals surface area contributed by atoms with Gasteiger partial charge in [0, 0.05) is 28.7 Å². The highest BCUT2D eigenvalue weighted by Crippen LogP contribution is 2.29. The normalized spacial score (nSPS) is 11.8. The predicted octanol–water partition coefficient (Wildman–Crippen LogP) is 4.53. The molecule has 1 atom stereocenters. The van der Waals surface area contributed by atoms with Crippen molar-refractivity contribution in [2.75, 3.05) is 11.1 Å². The summed E-state index contributed by atoms with van der Waals surface area (Å²) in [4.78, 5) is 5.41. The minimum atomic E-state index is 0.235. The van der Waals surface area contributed by atoms with Gasteiger partial charge >= 0.3 is 0 Å². The fourth-order valence-corrected chi connectivity index (χ4v) is 2.56. The van der Waals surface area contributed by atoms with Gasteiger partial charge in [-0.1, -0.05) is 24.3 Å². The van der Waals surface area contributed by atoms with Gasteiger partial charge in [0.15, 0.2) is 0 Å². The molecule has 0 amide bonds. The van der Waals surface area contributed by atoms with E-state index in [-0.39, 0.29) is 6.04 Å². The van der Waals surface area contributed by atoms with Crippen LogP contribution in [0.15, 0.2) is 66.3 Å². The molecule has 0 saturated carbocycles. The summed E-state index contributed by atoms with van der Waals surface area (Å²) in [5, 5.41) is 3.54. The number of nitrogens with one attached hydrogen (secondary N) is 1. The largest absolute Gasteiger partial charge is 0.378 e. The van der Waals surface area contributed by atoms with Crippen LogP contribution in [0.25, 0.3) is 0 Å². The number of aromatic nitrogens is 1. The summed E-state index contributed by atoms with van der Waals surface area (Å²) < 4.78 is 0. The van der Waals surface area contributed by atoms with Crippen LogP contribution in [0.4, 0.5) is 5.69 Å². The molecule has 1 unspecified atom stereocenters. The fourth-order valence-electron chi connectivity index (χ4n) is 1.81. The van der Waals surface area contributed by atoms with Crippen LogP contribution in [-0.4, -0.2) is 10.7 Å². The monoisotopic (exact) mass is 270 g/mol. The summed E-state index contributed by atoms with van der Waals surface area (Å²) in [7, 11) is 0. The maximum absolute atomic E-state index is 4.16. The number of hydrogen-bond acceptors (Lipinski definition) is 3. The molecule has 0 aliphatic heterocycles. The second-order valence-electron chi connectivity index (χ2n) is 4.25. The second-order valence-corrected chi connectivity index (χ2v) is 5.31. The van der Waals surface area contributed by atoms with Gasteiger partial charge in [0.1, 0.15) is 0 Å². The number of benzene rings is 1. The molecule has 0 radical (unpaired) electrons. The Bertz CT molecular complexity index is 525. The SMILES string of the molecule is C=CCSc1ccccc1NC(C)c1cccnc1. The number of nitrogens with zero attached hydrogens (tertiary/aromatic N) is 1. The number of para-hydroxylation sites is 1. The molecule has 2 nitrogen and oxygen atoms in total. The summed E-state index contributed by atoms with van der Waals surface area (Å²) in [6.07, 6.45) is 5.62. The lowest BCUT2D eigenvalue weighted by Gasteiger charge is -2.17. The molecule has 1 N–H and O–H groups in total. The van der Waals surface area contributed by atoms with Crippen LogP contribution in [0, 0.1) is 0 Å². The van der Waals surface area contributed by atoms with E-state index < -0.39 is 0 Å². The third kappa shape index (κ3) is 3.86. The molecule has 1 aromatic carbocycles. The molecule has 0 bridgehead atoms. The number of rotatable bonds is 6. The zero-order valence-corrected chi connectivity index (χ0v) is 11.9.